The Morgan fingerprint density at radius 3 is 2.56 bits per heavy atom. The molecule has 25 heavy (non-hydrogen) atoms. The van der Waals surface area contributed by atoms with Crippen LogP contribution in [0, 0.1) is 0 Å². The van der Waals surface area contributed by atoms with Gasteiger partial charge in [0, 0.05) is 0 Å². The van der Waals surface area contributed by atoms with Gasteiger partial charge in [-0.25, -0.2) is 9.59 Å². The van der Waals surface area contributed by atoms with Crippen LogP contribution in [0.15, 0.2) is 24.3 Å². The van der Waals surface area contributed by atoms with Crippen molar-refractivity contribution in [1.29, 1.82) is 0 Å². The molecule has 0 bridgehead atoms. The number of carbonyl (C=O) groups excluding carboxylic acids is 3. The molecule has 1 aromatic carbocycles. The van der Waals surface area contributed by atoms with E-state index < -0.39 is 30.1 Å². The SMILES string of the molecule is COc1ccccc1NC(=O)[C@@H](C)OC(=O)[C@H](CCSC)NC(N)=O. The molecule has 0 unspecified atom stereocenters. The lowest BCUT2D eigenvalue weighted by Crippen LogP contribution is -2.46. The van der Waals surface area contributed by atoms with E-state index in [-0.39, 0.29) is 0 Å². The Labute approximate surface area is 150 Å². The van der Waals surface area contributed by atoms with Gasteiger partial charge in [0.05, 0.1) is 12.8 Å². The summed E-state index contributed by atoms with van der Waals surface area (Å²) in [5.41, 5.74) is 5.53. The minimum atomic E-state index is -1.05. The molecule has 1 aromatic rings. The van der Waals surface area contributed by atoms with E-state index in [1.165, 1.54) is 25.8 Å². The summed E-state index contributed by atoms with van der Waals surface area (Å²) in [5, 5.41) is 4.96. The highest BCUT2D eigenvalue weighted by Gasteiger charge is 2.26. The minimum Gasteiger partial charge on any atom is -0.495 e. The average Bonchev–Trinajstić information content (AvgIpc) is 2.58. The van der Waals surface area contributed by atoms with Gasteiger partial charge in [-0.15, -0.1) is 0 Å². The number of nitrogens with two attached hydrogens (primary N) is 1. The molecule has 0 radical (unpaired) electrons. The van der Waals surface area contributed by atoms with E-state index in [2.05, 4.69) is 10.6 Å². The van der Waals surface area contributed by atoms with Gasteiger partial charge >= 0.3 is 12.0 Å². The molecule has 0 saturated heterocycles. The van der Waals surface area contributed by atoms with Crippen LogP contribution in [0.5, 0.6) is 5.75 Å². The number of hydrogen-bond donors (Lipinski definition) is 3. The largest absolute Gasteiger partial charge is 0.495 e. The minimum absolute atomic E-state index is 0.351. The fourth-order valence-electron chi connectivity index (χ4n) is 1.95. The van der Waals surface area contributed by atoms with Gasteiger partial charge in [0.1, 0.15) is 11.8 Å². The number of thioether (sulfide) groups is 1. The molecule has 4 N–H and O–H groups in total. The Balaban J connectivity index is 2.68. The fourth-order valence-corrected chi connectivity index (χ4v) is 2.42. The molecular formula is C16H23N3O5S. The van der Waals surface area contributed by atoms with Crippen LogP contribution in [0.3, 0.4) is 0 Å². The van der Waals surface area contributed by atoms with Crippen molar-refractivity contribution in [2.75, 3.05) is 24.4 Å². The number of carbonyl (C=O) groups is 3. The number of methoxy groups -OCH3 is 1. The number of para-hydroxylation sites is 2. The quantitative estimate of drug-likeness (QED) is 0.565. The zero-order chi connectivity index (χ0) is 18.8. The first-order chi connectivity index (χ1) is 11.9. The molecule has 8 nitrogen and oxygen atoms in total. The number of hydrogen-bond acceptors (Lipinski definition) is 6. The molecule has 0 aliphatic carbocycles. The van der Waals surface area contributed by atoms with Crippen LogP contribution in [0.2, 0.25) is 0 Å². The maximum Gasteiger partial charge on any atom is 0.329 e. The summed E-state index contributed by atoms with van der Waals surface area (Å²) < 4.78 is 10.3. The van der Waals surface area contributed by atoms with E-state index >= 15 is 0 Å². The number of nitrogens with one attached hydrogen (secondary N) is 2. The maximum atomic E-state index is 12.2. The lowest BCUT2D eigenvalue weighted by Gasteiger charge is -2.19. The van der Waals surface area contributed by atoms with E-state index in [0.29, 0.717) is 23.6 Å². The predicted molar refractivity (Wildman–Crippen MR) is 96.7 cm³/mol. The average molecular weight is 369 g/mol. The highest BCUT2D eigenvalue weighted by atomic mass is 32.2. The molecule has 0 aliphatic heterocycles. The first-order valence-electron chi connectivity index (χ1n) is 7.58. The van der Waals surface area contributed by atoms with Crippen LogP contribution in [0.1, 0.15) is 13.3 Å². The van der Waals surface area contributed by atoms with Crippen LogP contribution in [0.25, 0.3) is 0 Å². The molecule has 0 fully saturated rings. The Hall–Kier alpha value is -2.42. The third-order valence-corrected chi connectivity index (χ3v) is 3.88. The zero-order valence-corrected chi connectivity index (χ0v) is 15.2. The molecule has 0 spiro atoms. The third-order valence-electron chi connectivity index (χ3n) is 3.24. The lowest BCUT2D eigenvalue weighted by atomic mass is 10.2. The van der Waals surface area contributed by atoms with E-state index in [1.54, 1.807) is 24.3 Å². The van der Waals surface area contributed by atoms with Gasteiger partial charge in [0.15, 0.2) is 6.10 Å². The summed E-state index contributed by atoms with van der Waals surface area (Å²) in [6, 6.07) is 5.15. The second kappa shape index (κ2) is 10.4. The monoisotopic (exact) mass is 369 g/mol. The predicted octanol–water partition coefficient (Wildman–Crippen LogP) is 1.36. The van der Waals surface area contributed by atoms with Crippen LogP contribution in [-0.4, -0.2) is 49.2 Å². The van der Waals surface area contributed by atoms with Gasteiger partial charge in [0.2, 0.25) is 0 Å². The van der Waals surface area contributed by atoms with Crippen molar-refractivity contribution in [1.82, 2.24) is 5.32 Å². The van der Waals surface area contributed by atoms with Gasteiger partial charge < -0.3 is 25.8 Å². The topological polar surface area (TPSA) is 120 Å². The molecule has 0 aliphatic rings. The van der Waals surface area contributed by atoms with Crippen molar-refractivity contribution >= 4 is 35.4 Å². The third kappa shape index (κ3) is 6.92. The first-order valence-corrected chi connectivity index (χ1v) is 8.97. The number of benzene rings is 1. The number of amides is 3. The number of anilines is 1. The van der Waals surface area contributed by atoms with Gasteiger partial charge in [-0.05, 0) is 37.5 Å². The highest BCUT2D eigenvalue weighted by molar-refractivity contribution is 7.98. The van der Waals surface area contributed by atoms with Gasteiger partial charge in [-0.3, -0.25) is 4.79 Å². The summed E-state index contributed by atoms with van der Waals surface area (Å²) in [6.45, 7) is 1.44. The summed E-state index contributed by atoms with van der Waals surface area (Å²) >= 11 is 1.51. The van der Waals surface area contributed by atoms with Crippen molar-refractivity contribution in [2.24, 2.45) is 5.73 Å². The van der Waals surface area contributed by atoms with Crippen molar-refractivity contribution in [2.45, 2.75) is 25.5 Å². The molecule has 0 saturated carbocycles. The van der Waals surface area contributed by atoms with E-state index in [0.717, 1.165) is 0 Å². The summed E-state index contributed by atoms with van der Waals surface area (Å²) in [5.74, 6) is -0.111. The van der Waals surface area contributed by atoms with Gasteiger partial charge in [0.25, 0.3) is 5.91 Å². The first kappa shape index (κ1) is 20.6. The Bertz CT molecular complexity index is 611. The summed E-state index contributed by atoms with van der Waals surface area (Å²) in [4.78, 5) is 35.4. The molecule has 3 amide bonds. The number of ether oxygens (including phenoxy) is 2. The number of urea groups is 1. The zero-order valence-electron chi connectivity index (χ0n) is 14.4. The van der Waals surface area contributed by atoms with Crippen molar-refractivity contribution in [3.05, 3.63) is 24.3 Å². The second-order valence-corrected chi connectivity index (χ2v) is 6.10. The molecule has 9 heteroatoms. The van der Waals surface area contributed by atoms with Crippen LogP contribution < -0.4 is 21.1 Å². The number of primary amides is 1. The molecule has 0 aromatic heterocycles. The lowest BCUT2D eigenvalue weighted by molar-refractivity contribution is -0.155. The van der Waals surface area contributed by atoms with E-state index in [9.17, 15) is 14.4 Å². The van der Waals surface area contributed by atoms with E-state index in [1.807, 2.05) is 6.26 Å². The van der Waals surface area contributed by atoms with Crippen LogP contribution >= 0.6 is 11.8 Å². The Kier molecular flexibility index (Phi) is 8.62. The van der Waals surface area contributed by atoms with E-state index in [4.69, 9.17) is 15.2 Å². The molecule has 1 rings (SSSR count). The molecule has 0 heterocycles. The normalized spacial score (nSPS) is 12.6. The van der Waals surface area contributed by atoms with Crippen molar-refractivity contribution in [3.63, 3.8) is 0 Å². The summed E-state index contributed by atoms with van der Waals surface area (Å²) in [6.07, 6.45) is 1.17. The van der Waals surface area contributed by atoms with Gasteiger partial charge in [-0.2, -0.15) is 11.8 Å². The smallest absolute Gasteiger partial charge is 0.329 e. The Morgan fingerprint density at radius 2 is 1.96 bits per heavy atom. The Morgan fingerprint density at radius 1 is 1.28 bits per heavy atom. The van der Waals surface area contributed by atoms with Crippen molar-refractivity contribution < 1.29 is 23.9 Å². The summed E-state index contributed by atoms with van der Waals surface area (Å²) in [7, 11) is 1.49. The van der Waals surface area contributed by atoms with Crippen LogP contribution in [0.4, 0.5) is 10.5 Å². The van der Waals surface area contributed by atoms with Gasteiger partial charge in [-0.1, -0.05) is 12.1 Å². The number of rotatable bonds is 9. The standard InChI is InChI=1S/C16H23N3O5S/c1-10(14(20)18-11-6-4-5-7-13(11)23-2)24-15(21)12(8-9-25-3)19-16(17)22/h4-7,10,12H,8-9H2,1-3H3,(H,18,20)(H3,17,19,22)/t10-,12+/m1/s1. The van der Waals surface area contributed by atoms with Crippen molar-refractivity contribution in [3.8, 4) is 5.75 Å². The highest BCUT2D eigenvalue weighted by Crippen LogP contribution is 2.23. The number of esters is 1. The second-order valence-electron chi connectivity index (χ2n) is 5.11. The molecule has 2 atom stereocenters. The molecule has 138 valence electrons. The fraction of sp³-hybridized carbons (Fsp3) is 0.438. The maximum absolute atomic E-state index is 12.2. The molecular weight excluding hydrogens is 346 g/mol. The van der Waals surface area contributed by atoms with Crippen LogP contribution in [-0.2, 0) is 14.3 Å².